The summed E-state index contributed by atoms with van der Waals surface area (Å²) in [7, 11) is 2.00. The number of H-pyrrole nitrogens is 1. The number of aromatic nitrogens is 2. The molecule has 90 valence electrons. The van der Waals surface area contributed by atoms with Gasteiger partial charge in [0.1, 0.15) is 0 Å². The lowest BCUT2D eigenvalue weighted by atomic mass is 9.82. The molecule has 1 saturated carbocycles. The Balaban J connectivity index is 2.13. The Labute approximate surface area is 98.0 Å². The maximum atomic E-state index is 4.46. The van der Waals surface area contributed by atoms with E-state index in [4.69, 9.17) is 0 Å². The van der Waals surface area contributed by atoms with E-state index in [1.165, 1.54) is 49.1 Å². The summed E-state index contributed by atoms with van der Waals surface area (Å²) in [6, 6.07) is 0. The first-order valence-corrected chi connectivity index (χ1v) is 6.51. The summed E-state index contributed by atoms with van der Waals surface area (Å²) >= 11 is 0. The Morgan fingerprint density at radius 1 is 1.31 bits per heavy atom. The first kappa shape index (κ1) is 11.6. The Morgan fingerprint density at radius 3 is 2.75 bits per heavy atom. The minimum atomic E-state index is 0.763. The SMILES string of the molecule is CNCCc1n[nH]c(C)c1C1CCCCC1. The van der Waals surface area contributed by atoms with Crippen LogP contribution in [-0.4, -0.2) is 23.8 Å². The van der Waals surface area contributed by atoms with Crippen molar-refractivity contribution in [2.45, 2.75) is 51.4 Å². The van der Waals surface area contributed by atoms with Crippen molar-refractivity contribution in [1.82, 2.24) is 15.5 Å². The van der Waals surface area contributed by atoms with Crippen molar-refractivity contribution in [2.75, 3.05) is 13.6 Å². The maximum absolute atomic E-state index is 4.46. The third-order valence-electron chi connectivity index (χ3n) is 3.70. The molecule has 1 aliphatic rings. The molecule has 1 aliphatic carbocycles. The normalized spacial score (nSPS) is 17.9. The third kappa shape index (κ3) is 2.46. The molecule has 0 aliphatic heterocycles. The fourth-order valence-electron chi connectivity index (χ4n) is 2.86. The van der Waals surface area contributed by atoms with E-state index < -0.39 is 0 Å². The molecule has 2 rings (SSSR count). The van der Waals surface area contributed by atoms with Gasteiger partial charge >= 0.3 is 0 Å². The number of rotatable bonds is 4. The van der Waals surface area contributed by atoms with Gasteiger partial charge in [-0.05, 0) is 38.3 Å². The Morgan fingerprint density at radius 2 is 2.06 bits per heavy atom. The van der Waals surface area contributed by atoms with Gasteiger partial charge in [-0.25, -0.2) is 0 Å². The van der Waals surface area contributed by atoms with Crippen LogP contribution in [-0.2, 0) is 6.42 Å². The summed E-state index contributed by atoms with van der Waals surface area (Å²) in [5.74, 6) is 0.763. The molecule has 1 aromatic heterocycles. The van der Waals surface area contributed by atoms with E-state index in [2.05, 4.69) is 22.4 Å². The van der Waals surface area contributed by atoms with Crippen molar-refractivity contribution in [1.29, 1.82) is 0 Å². The van der Waals surface area contributed by atoms with E-state index in [9.17, 15) is 0 Å². The summed E-state index contributed by atoms with van der Waals surface area (Å²) in [6.45, 7) is 3.18. The van der Waals surface area contributed by atoms with Gasteiger partial charge < -0.3 is 5.32 Å². The molecule has 3 heteroatoms. The van der Waals surface area contributed by atoms with E-state index in [0.29, 0.717) is 0 Å². The summed E-state index contributed by atoms with van der Waals surface area (Å²) in [4.78, 5) is 0. The average molecular weight is 221 g/mol. The van der Waals surface area contributed by atoms with Crippen molar-refractivity contribution in [3.8, 4) is 0 Å². The van der Waals surface area contributed by atoms with Gasteiger partial charge in [-0.1, -0.05) is 19.3 Å². The van der Waals surface area contributed by atoms with Gasteiger partial charge in [-0.15, -0.1) is 0 Å². The molecule has 0 saturated heterocycles. The molecule has 1 aromatic rings. The maximum Gasteiger partial charge on any atom is 0.0672 e. The zero-order valence-electron chi connectivity index (χ0n) is 10.5. The lowest BCUT2D eigenvalue weighted by Crippen LogP contribution is -2.13. The van der Waals surface area contributed by atoms with Crippen molar-refractivity contribution < 1.29 is 0 Å². The van der Waals surface area contributed by atoms with E-state index in [-0.39, 0.29) is 0 Å². The van der Waals surface area contributed by atoms with Crippen LogP contribution >= 0.6 is 0 Å². The Kier molecular flexibility index (Phi) is 3.99. The van der Waals surface area contributed by atoms with Gasteiger partial charge in [0.05, 0.1) is 5.69 Å². The van der Waals surface area contributed by atoms with Crippen molar-refractivity contribution in [3.05, 3.63) is 17.0 Å². The molecule has 0 amide bonds. The molecular formula is C13H23N3. The predicted molar refractivity (Wildman–Crippen MR) is 66.8 cm³/mol. The molecule has 0 spiro atoms. The van der Waals surface area contributed by atoms with E-state index in [0.717, 1.165) is 18.9 Å². The summed E-state index contributed by atoms with van der Waals surface area (Å²) in [5, 5.41) is 10.8. The highest BCUT2D eigenvalue weighted by Crippen LogP contribution is 2.35. The van der Waals surface area contributed by atoms with Crippen molar-refractivity contribution in [3.63, 3.8) is 0 Å². The number of nitrogens with one attached hydrogen (secondary N) is 2. The highest BCUT2D eigenvalue weighted by molar-refractivity contribution is 5.29. The topological polar surface area (TPSA) is 40.7 Å². The number of nitrogens with zero attached hydrogens (tertiary/aromatic N) is 1. The van der Waals surface area contributed by atoms with E-state index in [1.54, 1.807) is 0 Å². The molecule has 3 nitrogen and oxygen atoms in total. The molecule has 0 aromatic carbocycles. The Hall–Kier alpha value is -0.830. The summed E-state index contributed by atoms with van der Waals surface area (Å²) in [6.07, 6.45) is 7.95. The van der Waals surface area contributed by atoms with Gasteiger partial charge in [0.2, 0.25) is 0 Å². The monoisotopic (exact) mass is 221 g/mol. The lowest BCUT2D eigenvalue weighted by molar-refractivity contribution is 0.440. The van der Waals surface area contributed by atoms with Crippen LogP contribution in [0.3, 0.4) is 0 Å². The molecule has 2 N–H and O–H groups in total. The van der Waals surface area contributed by atoms with Gasteiger partial charge in [-0.3, -0.25) is 5.10 Å². The largest absolute Gasteiger partial charge is 0.319 e. The fraction of sp³-hybridized carbons (Fsp3) is 0.769. The number of aryl methyl sites for hydroxylation is 1. The fourth-order valence-corrected chi connectivity index (χ4v) is 2.86. The predicted octanol–water partition coefficient (Wildman–Crippen LogP) is 2.53. The Bertz CT molecular complexity index is 324. The van der Waals surface area contributed by atoms with Crippen LogP contribution in [0.25, 0.3) is 0 Å². The van der Waals surface area contributed by atoms with Crippen LogP contribution in [0.4, 0.5) is 0 Å². The molecule has 16 heavy (non-hydrogen) atoms. The van der Waals surface area contributed by atoms with E-state index in [1.807, 2.05) is 7.05 Å². The van der Waals surface area contributed by atoms with Gasteiger partial charge in [0.15, 0.2) is 0 Å². The second-order valence-electron chi connectivity index (χ2n) is 4.90. The molecule has 0 bridgehead atoms. The van der Waals surface area contributed by atoms with Crippen LogP contribution in [0.15, 0.2) is 0 Å². The van der Waals surface area contributed by atoms with Crippen LogP contribution < -0.4 is 5.32 Å². The van der Waals surface area contributed by atoms with Crippen molar-refractivity contribution >= 4 is 0 Å². The van der Waals surface area contributed by atoms with Crippen LogP contribution in [0.1, 0.15) is 55.0 Å². The van der Waals surface area contributed by atoms with Crippen LogP contribution in [0, 0.1) is 6.92 Å². The molecule has 1 fully saturated rings. The van der Waals surface area contributed by atoms with Crippen molar-refractivity contribution in [2.24, 2.45) is 0 Å². The molecule has 0 unspecified atom stereocenters. The number of aromatic amines is 1. The molecule has 0 atom stereocenters. The highest BCUT2D eigenvalue weighted by Gasteiger charge is 2.22. The second-order valence-corrected chi connectivity index (χ2v) is 4.90. The zero-order valence-corrected chi connectivity index (χ0v) is 10.5. The highest BCUT2D eigenvalue weighted by atomic mass is 15.1. The third-order valence-corrected chi connectivity index (χ3v) is 3.70. The zero-order chi connectivity index (χ0) is 11.4. The van der Waals surface area contributed by atoms with Gasteiger partial charge in [-0.2, -0.15) is 5.10 Å². The smallest absolute Gasteiger partial charge is 0.0672 e. The number of hydrogen-bond donors (Lipinski definition) is 2. The van der Waals surface area contributed by atoms with Gasteiger partial charge in [0, 0.05) is 18.7 Å². The summed E-state index contributed by atoms with van der Waals surface area (Å²) in [5.41, 5.74) is 4.10. The molecule has 0 radical (unpaired) electrons. The molecular weight excluding hydrogens is 198 g/mol. The summed E-state index contributed by atoms with van der Waals surface area (Å²) < 4.78 is 0. The first-order chi connectivity index (χ1) is 7.83. The quantitative estimate of drug-likeness (QED) is 0.820. The average Bonchev–Trinajstić information content (AvgIpc) is 2.69. The molecule has 1 heterocycles. The first-order valence-electron chi connectivity index (χ1n) is 6.51. The standard InChI is InChI=1S/C13H23N3/c1-10-13(11-6-4-3-5-7-11)12(16-15-10)8-9-14-2/h11,14H,3-9H2,1-2H3,(H,15,16). The van der Waals surface area contributed by atoms with Gasteiger partial charge in [0.25, 0.3) is 0 Å². The lowest BCUT2D eigenvalue weighted by Gasteiger charge is -2.22. The number of hydrogen-bond acceptors (Lipinski definition) is 2. The van der Waals surface area contributed by atoms with Crippen LogP contribution in [0.5, 0.6) is 0 Å². The second kappa shape index (κ2) is 5.48. The van der Waals surface area contributed by atoms with Crippen LogP contribution in [0.2, 0.25) is 0 Å². The number of likely N-dealkylation sites (N-methyl/N-ethyl adjacent to an activating group) is 1. The minimum Gasteiger partial charge on any atom is -0.319 e. The minimum absolute atomic E-state index is 0.763. The van der Waals surface area contributed by atoms with E-state index >= 15 is 0 Å².